The number of rotatable bonds is 4. The van der Waals surface area contributed by atoms with Crippen molar-refractivity contribution in [1.29, 1.82) is 0 Å². The number of halogens is 3. The van der Waals surface area contributed by atoms with E-state index in [1.54, 1.807) is 0 Å². The molecule has 5 heteroatoms. The molecule has 3 atom stereocenters. The van der Waals surface area contributed by atoms with Crippen LogP contribution in [0.2, 0.25) is 0 Å². The second kappa shape index (κ2) is 4.81. The largest absolute Gasteiger partial charge is 0.414 e. The smallest absolute Gasteiger partial charge is 0.393 e. The van der Waals surface area contributed by atoms with E-state index in [9.17, 15) is 13.2 Å². The molecule has 0 aliphatic rings. The third kappa shape index (κ3) is 5.87. The number of alkyl halides is 3. The highest BCUT2D eigenvalue weighted by Gasteiger charge is 2.37. The van der Waals surface area contributed by atoms with E-state index in [-0.39, 0.29) is 6.42 Å². The molecular formula is C8H15F3O2. The average molecular weight is 200 g/mol. The fourth-order valence-corrected chi connectivity index (χ4v) is 0.962. The summed E-state index contributed by atoms with van der Waals surface area (Å²) in [4.78, 5) is 0. The van der Waals surface area contributed by atoms with Gasteiger partial charge < -0.3 is 9.84 Å². The van der Waals surface area contributed by atoms with Gasteiger partial charge in [-0.15, -0.1) is 0 Å². The molecule has 3 unspecified atom stereocenters. The minimum Gasteiger partial charge on any atom is -0.393 e. The molecule has 0 aliphatic carbocycles. The highest BCUT2D eigenvalue weighted by molar-refractivity contribution is 4.64. The molecule has 0 saturated heterocycles. The maximum Gasteiger partial charge on any atom is 0.414 e. The van der Waals surface area contributed by atoms with Crippen LogP contribution in [0.3, 0.4) is 0 Å². The Bertz CT molecular complexity index is 145. The van der Waals surface area contributed by atoms with Crippen molar-refractivity contribution in [3.8, 4) is 0 Å². The third-order valence-electron chi connectivity index (χ3n) is 1.57. The molecule has 0 aromatic rings. The Balaban J connectivity index is 3.85. The Labute approximate surface area is 75.7 Å². The Morgan fingerprint density at radius 2 is 1.69 bits per heavy atom. The average Bonchev–Trinajstić information content (AvgIpc) is 1.82. The Hall–Kier alpha value is -0.290. The zero-order chi connectivity index (χ0) is 10.6. The highest BCUT2D eigenvalue weighted by atomic mass is 19.4. The fraction of sp³-hybridized carbons (Fsp3) is 1.00. The van der Waals surface area contributed by atoms with Crippen molar-refractivity contribution in [2.75, 3.05) is 0 Å². The molecule has 0 spiro atoms. The lowest BCUT2D eigenvalue weighted by molar-refractivity contribution is -0.226. The summed E-state index contributed by atoms with van der Waals surface area (Å²) in [5.74, 6) is 0. The lowest BCUT2D eigenvalue weighted by Crippen LogP contribution is -2.32. The summed E-state index contributed by atoms with van der Waals surface area (Å²) in [6.45, 7) is 3.98. The van der Waals surface area contributed by atoms with Crippen molar-refractivity contribution >= 4 is 0 Å². The van der Waals surface area contributed by atoms with Gasteiger partial charge in [-0.05, 0) is 27.2 Å². The van der Waals surface area contributed by atoms with E-state index in [2.05, 4.69) is 4.74 Å². The summed E-state index contributed by atoms with van der Waals surface area (Å²) in [5, 5.41) is 8.88. The summed E-state index contributed by atoms with van der Waals surface area (Å²) in [6, 6.07) is 0. The van der Waals surface area contributed by atoms with E-state index >= 15 is 0 Å². The van der Waals surface area contributed by atoms with Gasteiger partial charge in [0.25, 0.3) is 0 Å². The van der Waals surface area contributed by atoms with E-state index in [1.807, 2.05) is 0 Å². The number of ether oxygens (including phenoxy) is 1. The first-order valence-electron chi connectivity index (χ1n) is 4.13. The minimum atomic E-state index is -4.33. The lowest BCUT2D eigenvalue weighted by Gasteiger charge is -2.22. The summed E-state index contributed by atoms with van der Waals surface area (Å²) in [7, 11) is 0. The van der Waals surface area contributed by atoms with Crippen LogP contribution in [-0.4, -0.2) is 29.6 Å². The van der Waals surface area contributed by atoms with Gasteiger partial charge in [0.15, 0.2) is 6.10 Å². The van der Waals surface area contributed by atoms with Crippen LogP contribution in [0.1, 0.15) is 27.2 Å². The van der Waals surface area contributed by atoms with Crippen molar-refractivity contribution in [3.05, 3.63) is 0 Å². The van der Waals surface area contributed by atoms with Crippen LogP contribution >= 0.6 is 0 Å². The van der Waals surface area contributed by atoms with Crippen LogP contribution in [0.15, 0.2) is 0 Å². The molecule has 0 radical (unpaired) electrons. The second-order valence-electron chi connectivity index (χ2n) is 3.22. The van der Waals surface area contributed by atoms with Gasteiger partial charge in [0.1, 0.15) is 0 Å². The molecule has 0 bridgehead atoms. The van der Waals surface area contributed by atoms with Crippen molar-refractivity contribution in [1.82, 2.24) is 0 Å². The van der Waals surface area contributed by atoms with Crippen molar-refractivity contribution in [2.24, 2.45) is 0 Å². The number of hydrogen-bond donors (Lipinski definition) is 1. The summed E-state index contributed by atoms with van der Waals surface area (Å²) >= 11 is 0. The van der Waals surface area contributed by atoms with Crippen LogP contribution in [0.4, 0.5) is 13.2 Å². The molecule has 1 N–H and O–H groups in total. The Morgan fingerprint density at radius 3 is 2.00 bits per heavy atom. The highest BCUT2D eigenvalue weighted by Crippen LogP contribution is 2.24. The van der Waals surface area contributed by atoms with Gasteiger partial charge in [0.2, 0.25) is 0 Å². The third-order valence-corrected chi connectivity index (χ3v) is 1.57. The molecule has 13 heavy (non-hydrogen) atoms. The van der Waals surface area contributed by atoms with E-state index in [4.69, 9.17) is 5.11 Å². The van der Waals surface area contributed by atoms with Crippen LogP contribution in [0.25, 0.3) is 0 Å². The molecule has 0 aromatic carbocycles. The zero-order valence-corrected chi connectivity index (χ0v) is 7.93. The van der Waals surface area contributed by atoms with Crippen molar-refractivity contribution in [3.63, 3.8) is 0 Å². The Kier molecular flexibility index (Phi) is 4.70. The number of hydrogen-bond acceptors (Lipinski definition) is 2. The lowest BCUT2D eigenvalue weighted by atomic mass is 10.2. The van der Waals surface area contributed by atoms with Crippen molar-refractivity contribution in [2.45, 2.75) is 51.7 Å². The maximum absolute atomic E-state index is 12.0. The van der Waals surface area contributed by atoms with Gasteiger partial charge in [-0.3, -0.25) is 0 Å². The molecule has 0 aromatic heterocycles. The second-order valence-corrected chi connectivity index (χ2v) is 3.22. The van der Waals surface area contributed by atoms with Crippen LogP contribution in [0.5, 0.6) is 0 Å². The van der Waals surface area contributed by atoms with Gasteiger partial charge in [0.05, 0.1) is 12.2 Å². The van der Waals surface area contributed by atoms with Crippen LogP contribution < -0.4 is 0 Å². The van der Waals surface area contributed by atoms with Crippen LogP contribution in [-0.2, 0) is 4.74 Å². The zero-order valence-electron chi connectivity index (χ0n) is 7.93. The number of aliphatic hydroxyl groups excluding tert-OH is 1. The van der Waals surface area contributed by atoms with E-state index < -0.39 is 24.5 Å². The molecule has 0 aliphatic heterocycles. The monoisotopic (exact) mass is 200 g/mol. The first kappa shape index (κ1) is 12.7. The predicted molar refractivity (Wildman–Crippen MR) is 42.4 cm³/mol. The van der Waals surface area contributed by atoms with Crippen molar-refractivity contribution < 1.29 is 23.0 Å². The topological polar surface area (TPSA) is 29.5 Å². The standard InChI is InChI=1S/C8H15F3O2/c1-5(12)4-6(2)13-7(3)8(9,10)11/h5-7,12H,4H2,1-3H3. The SMILES string of the molecule is CC(O)CC(C)OC(C)C(F)(F)F. The van der Waals surface area contributed by atoms with Gasteiger partial charge in [0, 0.05) is 0 Å². The molecule has 80 valence electrons. The molecule has 0 heterocycles. The molecular weight excluding hydrogens is 185 g/mol. The van der Waals surface area contributed by atoms with E-state index in [0.717, 1.165) is 6.92 Å². The Morgan fingerprint density at radius 1 is 1.23 bits per heavy atom. The summed E-state index contributed by atoms with van der Waals surface area (Å²) in [5.41, 5.74) is 0. The first-order chi connectivity index (χ1) is 5.73. The molecule has 2 nitrogen and oxygen atoms in total. The normalized spacial score (nSPS) is 19.6. The van der Waals surface area contributed by atoms with Gasteiger partial charge in [-0.2, -0.15) is 13.2 Å². The first-order valence-corrected chi connectivity index (χ1v) is 4.13. The van der Waals surface area contributed by atoms with E-state index in [1.165, 1.54) is 13.8 Å². The fourth-order valence-electron chi connectivity index (χ4n) is 0.962. The van der Waals surface area contributed by atoms with Gasteiger partial charge >= 0.3 is 6.18 Å². The molecule has 0 rings (SSSR count). The van der Waals surface area contributed by atoms with Gasteiger partial charge in [-0.25, -0.2) is 0 Å². The summed E-state index contributed by atoms with van der Waals surface area (Å²) in [6.07, 6.45) is -7.12. The molecule has 0 fully saturated rings. The van der Waals surface area contributed by atoms with E-state index in [0.29, 0.717) is 0 Å². The maximum atomic E-state index is 12.0. The number of aliphatic hydroxyl groups is 1. The minimum absolute atomic E-state index is 0.209. The predicted octanol–water partition coefficient (Wildman–Crippen LogP) is 2.11. The molecule has 0 saturated carbocycles. The quantitative estimate of drug-likeness (QED) is 0.753. The van der Waals surface area contributed by atoms with Gasteiger partial charge in [-0.1, -0.05) is 0 Å². The summed E-state index contributed by atoms with van der Waals surface area (Å²) < 4.78 is 40.5. The van der Waals surface area contributed by atoms with Crippen LogP contribution in [0, 0.1) is 0 Å². The molecule has 0 amide bonds.